The van der Waals surface area contributed by atoms with Crippen LogP contribution in [0.2, 0.25) is 0 Å². The van der Waals surface area contributed by atoms with E-state index in [9.17, 15) is 0 Å². The van der Waals surface area contributed by atoms with E-state index in [0.717, 1.165) is 12.3 Å². The Balaban J connectivity index is 2.39. The van der Waals surface area contributed by atoms with E-state index in [-0.39, 0.29) is 0 Å². The van der Waals surface area contributed by atoms with Gasteiger partial charge in [-0.15, -0.1) is 0 Å². The lowest BCUT2D eigenvalue weighted by atomic mass is 9.95. The number of aromatic nitrogens is 1. The minimum atomic E-state index is 0.706. The van der Waals surface area contributed by atoms with E-state index >= 15 is 0 Å². The van der Waals surface area contributed by atoms with Gasteiger partial charge in [0.1, 0.15) is 0 Å². The van der Waals surface area contributed by atoms with Gasteiger partial charge in [-0.25, -0.2) is 0 Å². The number of hydrogen-bond donors (Lipinski definition) is 1. The molecule has 1 nitrogen and oxygen atoms in total. The van der Waals surface area contributed by atoms with Crippen molar-refractivity contribution in [3.8, 4) is 0 Å². The summed E-state index contributed by atoms with van der Waals surface area (Å²) in [6.07, 6.45) is 4.51. The number of nitrogens with one attached hydrogen (secondary N) is 1. The Labute approximate surface area is 96.9 Å². The highest BCUT2D eigenvalue weighted by molar-refractivity contribution is 5.88. The molecule has 1 heteroatoms. The van der Waals surface area contributed by atoms with Gasteiger partial charge in [0.2, 0.25) is 0 Å². The van der Waals surface area contributed by atoms with Crippen molar-refractivity contribution in [1.82, 2.24) is 4.98 Å². The Kier molecular flexibility index (Phi) is 2.10. The third-order valence-electron chi connectivity index (χ3n) is 4.11. The fourth-order valence-corrected chi connectivity index (χ4v) is 3.35. The van der Waals surface area contributed by atoms with Crippen LogP contribution in [0.3, 0.4) is 0 Å². The third kappa shape index (κ3) is 1.17. The molecule has 1 aliphatic carbocycles. The van der Waals surface area contributed by atoms with Crippen LogP contribution in [0.4, 0.5) is 0 Å². The predicted octanol–water partition coefficient (Wildman–Crippen LogP) is 4.34. The van der Waals surface area contributed by atoms with Crippen molar-refractivity contribution in [2.75, 3.05) is 0 Å². The fourth-order valence-electron chi connectivity index (χ4n) is 3.35. The lowest BCUT2D eigenvalue weighted by Crippen LogP contribution is -1.93. The lowest BCUT2D eigenvalue weighted by molar-refractivity contribution is 0.662. The first kappa shape index (κ1) is 9.95. The molecule has 1 aromatic carbocycles. The highest BCUT2D eigenvalue weighted by Crippen LogP contribution is 2.45. The fraction of sp³-hybridized carbons (Fsp3) is 0.467. The first-order chi connectivity index (χ1) is 7.72. The van der Waals surface area contributed by atoms with E-state index in [4.69, 9.17) is 0 Å². The van der Waals surface area contributed by atoms with Gasteiger partial charge >= 0.3 is 0 Å². The summed E-state index contributed by atoms with van der Waals surface area (Å²) in [5.41, 5.74) is 6.05. The van der Waals surface area contributed by atoms with E-state index in [1.165, 1.54) is 22.9 Å². The first-order valence-corrected chi connectivity index (χ1v) is 6.35. The van der Waals surface area contributed by atoms with E-state index in [1.807, 2.05) is 0 Å². The molecule has 1 aromatic heterocycles. The van der Waals surface area contributed by atoms with Crippen LogP contribution in [-0.4, -0.2) is 4.98 Å². The van der Waals surface area contributed by atoms with Crippen LogP contribution in [0.1, 0.15) is 55.7 Å². The largest absolute Gasteiger partial charge is 0.361 e. The number of H-pyrrole nitrogens is 1. The zero-order chi connectivity index (χ0) is 11.3. The highest BCUT2D eigenvalue weighted by Gasteiger charge is 2.28. The Morgan fingerprint density at radius 1 is 1.31 bits per heavy atom. The molecule has 0 fully saturated rings. The molecule has 1 N–H and O–H groups in total. The van der Waals surface area contributed by atoms with Gasteiger partial charge in [-0.1, -0.05) is 26.8 Å². The number of rotatable bonds is 1. The normalized spacial score (nSPS) is 23.9. The molecule has 2 aromatic rings. The summed E-state index contributed by atoms with van der Waals surface area (Å²) in [5, 5.41) is 1.43. The van der Waals surface area contributed by atoms with Gasteiger partial charge in [-0.3, -0.25) is 0 Å². The van der Waals surface area contributed by atoms with Gasteiger partial charge in [0.25, 0.3) is 0 Å². The molecule has 0 aliphatic heterocycles. The quantitative estimate of drug-likeness (QED) is 0.725. The van der Waals surface area contributed by atoms with Gasteiger partial charge in [0.05, 0.1) is 0 Å². The summed E-state index contributed by atoms with van der Waals surface area (Å²) < 4.78 is 0. The van der Waals surface area contributed by atoms with Gasteiger partial charge in [-0.05, 0) is 47.4 Å². The predicted molar refractivity (Wildman–Crippen MR) is 69.1 cm³/mol. The molecule has 0 spiro atoms. The van der Waals surface area contributed by atoms with Gasteiger partial charge < -0.3 is 4.98 Å². The Morgan fingerprint density at radius 2 is 2.12 bits per heavy atom. The van der Waals surface area contributed by atoms with E-state index in [2.05, 4.69) is 44.1 Å². The Bertz CT molecular complexity index is 536. The molecule has 0 bridgehead atoms. The second kappa shape index (κ2) is 3.38. The van der Waals surface area contributed by atoms with Gasteiger partial charge in [0.15, 0.2) is 0 Å². The number of aryl methyl sites for hydroxylation is 1. The smallest absolute Gasteiger partial charge is 0.0494 e. The zero-order valence-corrected chi connectivity index (χ0v) is 10.3. The average molecular weight is 213 g/mol. The summed E-state index contributed by atoms with van der Waals surface area (Å²) >= 11 is 0. The van der Waals surface area contributed by atoms with Crippen LogP contribution in [0.5, 0.6) is 0 Å². The average Bonchev–Trinajstić information content (AvgIpc) is 2.83. The van der Waals surface area contributed by atoms with Crippen molar-refractivity contribution < 1.29 is 0 Å². The van der Waals surface area contributed by atoms with Crippen LogP contribution < -0.4 is 0 Å². The third-order valence-corrected chi connectivity index (χ3v) is 4.11. The summed E-state index contributed by atoms with van der Waals surface area (Å²) in [6, 6.07) is 4.67. The lowest BCUT2D eigenvalue weighted by Gasteiger charge is -2.10. The minimum absolute atomic E-state index is 0.706. The van der Waals surface area contributed by atoms with E-state index < -0.39 is 0 Å². The van der Waals surface area contributed by atoms with Crippen LogP contribution in [0.25, 0.3) is 10.9 Å². The van der Waals surface area contributed by atoms with Crippen LogP contribution in [-0.2, 0) is 6.42 Å². The number of hydrogen-bond acceptors (Lipinski definition) is 0. The molecular weight excluding hydrogens is 194 g/mol. The summed E-state index contributed by atoms with van der Waals surface area (Å²) in [4.78, 5) is 3.45. The zero-order valence-electron chi connectivity index (χ0n) is 10.3. The second-order valence-corrected chi connectivity index (χ2v) is 5.20. The molecule has 0 saturated heterocycles. The topological polar surface area (TPSA) is 15.8 Å². The Morgan fingerprint density at radius 3 is 2.88 bits per heavy atom. The monoisotopic (exact) mass is 213 g/mol. The molecule has 0 radical (unpaired) electrons. The molecule has 1 aliphatic rings. The molecule has 1 heterocycles. The summed E-state index contributed by atoms with van der Waals surface area (Å²) in [5.74, 6) is 1.43. The van der Waals surface area contributed by atoms with Crippen molar-refractivity contribution in [2.24, 2.45) is 0 Å². The molecular formula is C15H19N. The van der Waals surface area contributed by atoms with Gasteiger partial charge in [-0.2, -0.15) is 0 Å². The molecule has 84 valence electrons. The molecule has 1 unspecified atom stereocenters. The molecule has 16 heavy (non-hydrogen) atoms. The SMILES string of the molecule is CCc1cc2c(c3[nH]ccc13)[C@@H](C)CC2C. The highest BCUT2D eigenvalue weighted by atomic mass is 14.7. The maximum atomic E-state index is 3.45. The molecule has 2 atom stereocenters. The number of fused-ring (bicyclic) bond motifs is 3. The van der Waals surface area contributed by atoms with Gasteiger partial charge in [0, 0.05) is 17.1 Å². The molecule has 3 rings (SSSR count). The Hall–Kier alpha value is -1.24. The van der Waals surface area contributed by atoms with Crippen LogP contribution in [0, 0.1) is 0 Å². The van der Waals surface area contributed by atoms with E-state index in [1.54, 1.807) is 11.1 Å². The maximum Gasteiger partial charge on any atom is 0.0494 e. The van der Waals surface area contributed by atoms with Crippen molar-refractivity contribution in [1.29, 1.82) is 0 Å². The van der Waals surface area contributed by atoms with Crippen molar-refractivity contribution in [3.05, 3.63) is 35.0 Å². The standard InChI is InChI=1S/C15H19N/c1-4-11-8-13-9(2)7-10(3)14(13)15-12(11)5-6-16-15/h5-6,8-10,16H,4,7H2,1-3H3/t9?,10-/m0/s1. The van der Waals surface area contributed by atoms with Crippen molar-refractivity contribution in [2.45, 2.75) is 45.4 Å². The molecule has 0 saturated carbocycles. The second-order valence-electron chi connectivity index (χ2n) is 5.20. The summed E-state index contributed by atoms with van der Waals surface area (Å²) in [6.45, 7) is 6.96. The first-order valence-electron chi connectivity index (χ1n) is 6.35. The minimum Gasteiger partial charge on any atom is -0.361 e. The maximum absolute atomic E-state index is 3.45. The van der Waals surface area contributed by atoms with E-state index in [0.29, 0.717) is 5.92 Å². The summed E-state index contributed by atoms with van der Waals surface area (Å²) in [7, 11) is 0. The van der Waals surface area contributed by atoms with Crippen molar-refractivity contribution >= 4 is 10.9 Å². The van der Waals surface area contributed by atoms with Crippen molar-refractivity contribution in [3.63, 3.8) is 0 Å². The van der Waals surface area contributed by atoms with Crippen LogP contribution in [0.15, 0.2) is 18.3 Å². The number of aromatic amines is 1. The molecule has 0 amide bonds. The van der Waals surface area contributed by atoms with Crippen LogP contribution >= 0.6 is 0 Å². The number of benzene rings is 1.